The molecule has 0 amide bonds. The molecule has 8 nitrogen and oxygen atoms in total. The molecule has 2 aliphatic carbocycles. The van der Waals surface area contributed by atoms with Gasteiger partial charge < -0.3 is 29.3 Å². The summed E-state index contributed by atoms with van der Waals surface area (Å²) in [7, 11) is 0. The Morgan fingerprint density at radius 2 is 1.81 bits per heavy atom. The van der Waals surface area contributed by atoms with Gasteiger partial charge in [-0.15, -0.1) is 6.58 Å². The highest BCUT2D eigenvalue weighted by Crippen LogP contribution is 2.62. The van der Waals surface area contributed by atoms with Gasteiger partial charge in [0, 0.05) is 36.8 Å². The predicted molar refractivity (Wildman–Crippen MR) is 208 cm³/mol. The van der Waals surface area contributed by atoms with E-state index in [2.05, 4.69) is 42.8 Å². The van der Waals surface area contributed by atoms with Gasteiger partial charge >= 0.3 is 0 Å². The monoisotopic (exact) mass is 726 g/mol. The number of pyridine rings is 1. The Morgan fingerprint density at radius 1 is 1.00 bits per heavy atom. The molecule has 3 aliphatic rings. The molecule has 0 spiro atoms. The highest BCUT2D eigenvalue weighted by Gasteiger charge is 2.63. The first kappa shape index (κ1) is 38.1. The van der Waals surface area contributed by atoms with Crippen molar-refractivity contribution in [3.8, 4) is 11.5 Å². The van der Waals surface area contributed by atoms with Gasteiger partial charge in [0.05, 0.1) is 29.2 Å². The minimum absolute atomic E-state index is 0.0200. The zero-order valence-corrected chi connectivity index (χ0v) is 31.4. The minimum Gasteiger partial charge on any atom is -0.487 e. The number of nitrogens with zero attached hydrogens (tertiary/aromatic N) is 2. The summed E-state index contributed by atoms with van der Waals surface area (Å²) in [5.74, 6) is 1.82. The molecule has 6 unspecified atom stereocenters. The van der Waals surface area contributed by atoms with Crippen LogP contribution in [0.15, 0.2) is 96.2 Å². The van der Waals surface area contributed by atoms with E-state index < -0.39 is 5.79 Å². The van der Waals surface area contributed by atoms with Crippen LogP contribution in [0.25, 0.3) is 0 Å². The zero-order chi connectivity index (χ0) is 36.3. The van der Waals surface area contributed by atoms with Crippen LogP contribution in [0, 0.1) is 24.7 Å². The van der Waals surface area contributed by atoms with Crippen molar-refractivity contribution in [3.63, 3.8) is 0 Å². The quantitative estimate of drug-likeness (QED) is 0.0720. The van der Waals surface area contributed by atoms with Crippen LogP contribution in [0.5, 0.6) is 11.5 Å². The normalized spacial score (nSPS) is 25.4. The number of oxime groups is 1. The lowest BCUT2D eigenvalue weighted by molar-refractivity contribution is -0.223. The molecule has 1 saturated carbocycles. The van der Waals surface area contributed by atoms with Gasteiger partial charge in [0.25, 0.3) is 0 Å². The van der Waals surface area contributed by atoms with Crippen molar-refractivity contribution < 1.29 is 29.3 Å². The average molecular weight is 727 g/mol. The van der Waals surface area contributed by atoms with Gasteiger partial charge in [0.1, 0.15) is 24.7 Å². The van der Waals surface area contributed by atoms with Crippen LogP contribution in [-0.2, 0) is 22.8 Å². The Bertz CT molecular complexity index is 1680. The summed E-state index contributed by atoms with van der Waals surface area (Å²) >= 11 is 1.84. The summed E-state index contributed by atoms with van der Waals surface area (Å²) in [4.78, 5) is 10.8. The smallest absolute Gasteiger partial charge is 0.230 e. The highest BCUT2D eigenvalue weighted by atomic mass is 32.2. The molecular weight excluding hydrogens is 673 g/mol. The first-order valence-electron chi connectivity index (χ1n) is 18.9. The lowest BCUT2D eigenvalue weighted by Crippen LogP contribution is -2.64. The molecule has 9 heteroatoms. The summed E-state index contributed by atoms with van der Waals surface area (Å²) in [6, 6.07) is 22.3. The fourth-order valence-corrected chi connectivity index (χ4v) is 9.54. The number of aromatic nitrogens is 1. The molecular formula is C43H54N2O6S. The van der Waals surface area contributed by atoms with Crippen LogP contribution in [0.2, 0.25) is 0 Å². The van der Waals surface area contributed by atoms with Gasteiger partial charge in [0.15, 0.2) is 0 Å². The van der Waals surface area contributed by atoms with E-state index in [1.807, 2.05) is 73.3 Å². The van der Waals surface area contributed by atoms with Crippen molar-refractivity contribution in [2.45, 2.75) is 89.0 Å². The van der Waals surface area contributed by atoms with E-state index >= 15 is 0 Å². The Kier molecular flexibility index (Phi) is 13.5. The lowest BCUT2D eigenvalue weighted by atomic mass is 9.56. The second-order valence-corrected chi connectivity index (χ2v) is 15.5. The molecule has 0 bridgehead atoms. The molecule has 2 aromatic carbocycles. The summed E-state index contributed by atoms with van der Waals surface area (Å²) in [6.45, 7) is 9.62. The highest BCUT2D eigenvalue weighted by molar-refractivity contribution is 8.00. The van der Waals surface area contributed by atoms with Crippen LogP contribution in [0.3, 0.4) is 0 Å². The van der Waals surface area contributed by atoms with Crippen molar-refractivity contribution in [1.82, 2.24) is 4.98 Å². The standard InChI is InChI=1S/C43H54N2O6S/c1-4-24-49-43-40(52-5-2)27-38(45-50-28-31-15-7-6-8-16-31)36-25-32(17-9-11-22-46)35(19-10-12-23-47)41(42(36)43)37-26-34(20-21-39(37)51-43)48-29-33-18-13-14-30(3)44-33/h4,6-8,13-16,18,20-21,25-26,32,35,40-42,46-47H,1,5,9-12,17,19,22-24,27-29H2,2-3H3. The van der Waals surface area contributed by atoms with Crippen molar-refractivity contribution in [3.05, 3.63) is 114 Å². The van der Waals surface area contributed by atoms with E-state index in [-0.39, 0.29) is 42.1 Å². The molecule has 0 saturated heterocycles. The van der Waals surface area contributed by atoms with E-state index in [1.165, 1.54) is 0 Å². The summed E-state index contributed by atoms with van der Waals surface area (Å²) < 4.78 is 20.6. The Labute approximate surface area is 313 Å². The largest absolute Gasteiger partial charge is 0.487 e. The number of allylic oxidation sites excluding steroid dienone is 1. The molecule has 6 atom stereocenters. The molecule has 1 aliphatic heterocycles. The number of benzene rings is 2. The van der Waals surface area contributed by atoms with Gasteiger partial charge in [-0.3, -0.25) is 4.98 Å². The van der Waals surface area contributed by atoms with Gasteiger partial charge in [-0.25, -0.2) is 0 Å². The number of hydrogen-bond donors (Lipinski definition) is 2. The van der Waals surface area contributed by atoms with E-state index in [0.29, 0.717) is 26.2 Å². The fraction of sp³-hybridized carbons (Fsp3) is 0.488. The number of rotatable bonds is 19. The molecule has 1 aromatic heterocycles. The van der Waals surface area contributed by atoms with Crippen LogP contribution >= 0.6 is 11.8 Å². The van der Waals surface area contributed by atoms with Crippen LogP contribution in [-0.4, -0.2) is 57.5 Å². The fourth-order valence-electron chi connectivity index (χ4n) is 8.36. The number of aliphatic hydroxyl groups excluding tert-OH is 2. The number of aryl methyl sites for hydroxylation is 1. The van der Waals surface area contributed by atoms with Crippen molar-refractivity contribution in [1.29, 1.82) is 0 Å². The molecule has 6 rings (SSSR count). The third-order valence-corrected chi connectivity index (χ3v) is 11.8. The van der Waals surface area contributed by atoms with Crippen LogP contribution in [0.4, 0.5) is 0 Å². The maximum absolute atomic E-state index is 9.85. The van der Waals surface area contributed by atoms with E-state index in [0.717, 1.165) is 89.6 Å². The number of unbranched alkanes of at least 4 members (excludes halogenated alkanes) is 2. The molecule has 0 radical (unpaired) electrons. The predicted octanol–water partition coefficient (Wildman–Crippen LogP) is 8.56. The number of aliphatic hydroxyl groups is 2. The average Bonchev–Trinajstić information content (AvgIpc) is 3.16. The van der Waals surface area contributed by atoms with Crippen LogP contribution < -0.4 is 9.47 Å². The van der Waals surface area contributed by atoms with E-state index in [9.17, 15) is 10.2 Å². The van der Waals surface area contributed by atoms with E-state index in [1.54, 1.807) is 0 Å². The van der Waals surface area contributed by atoms with Gasteiger partial charge in [-0.1, -0.05) is 73.5 Å². The summed E-state index contributed by atoms with van der Waals surface area (Å²) in [6.07, 6.45) is 10.1. The SMILES string of the molecule is C=CCOC12Oc3ccc(OCc4cccc(C)n4)cc3C3C(CCCCO)C(CCCCO)C=C(C(=NOCc4ccccc4)CC1SCC)C32. The first-order valence-corrected chi connectivity index (χ1v) is 20.0. The third kappa shape index (κ3) is 8.60. The molecule has 2 N–H and O–H groups in total. The molecule has 52 heavy (non-hydrogen) atoms. The zero-order valence-electron chi connectivity index (χ0n) is 30.6. The Morgan fingerprint density at radius 3 is 2.56 bits per heavy atom. The number of hydrogen-bond acceptors (Lipinski definition) is 9. The molecule has 1 fully saturated rings. The van der Waals surface area contributed by atoms with Gasteiger partial charge in [-0.2, -0.15) is 11.8 Å². The van der Waals surface area contributed by atoms with Crippen molar-refractivity contribution >= 4 is 17.5 Å². The second-order valence-electron chi connectivity index (χ2n) is 14.0. The lowest BCUT2D eigenvalue weighted by Gasteiger charge is -2.58. The summed E-state index contributed by atoms with van der Waals surface area (Å²) in [5.41, 5.74) is 6.08. The molecule has 2 heterocycles. The van der Waals surface area contributed by atoms with Crippen molar-refractivity contribution in [2.75, 3.05) is 25.6 Å². The van der Waals surface area contributed by atoms with Gasteiger partial charge in [-0.05, 0) is 91.7 Å². The second kappa shape index (κ2) is 18.4. The number of fused-ring (bicyclic) bond motifs is 2. The maximum atomic E-state index is 9.85. The molecule has 278 valence electrons. The molecule has 3 aromatic rings. The number of ether oxygens (including phenoxy) is 3. The Balaban J connectivity index is 1.47. The van der Waals surface area contributed by atoms with E-state index in [4.69, 9.17) is 24.2 Å². The van der Waals surface area contributed by atoms with Crippen LogP contribution in [0.1, 0.15) is 80.3 Å². The van der Waals surface area contributed by atoms with Crippen molar-refractivity contribution in [2.24, 2.45) is 22.9 Å². The summed E-state index contributed by atoms with van der Waals surface area (Å²) in [5, 5.41) is 24.5. The number of thioether (sulfide) groups is 1. The third-order valence-electron chi connectivity index (χ3n) is 10.6. The topological polar surface area (TPSA) is 103 Å². The Hall–Kier alpha value is -3.63. The van der Waals surface area contributed by atoms with Gasteiger partial charge in [0.2, 0.25) is 5.79 Å². The first-order chi connectivity index (χ1) is 25.5. The maximum Gasteiger partial charge on any atom is 0.230 e. The minimum atomic E-state index is -0.962.